The lowest BCUT2D eigenvalue weighted by atomic mass is 10.2. The summed E-state index contributed by atoms with van der Waals surface area (Å²) in [5, 5.41) is 14.0. The number of urea groups is 1. The number of piperazine rings is 1. The van der Waals surface area contributed by atoms with Crippen LogP contribution in [0.2, 0.25) is 0 Å². The molecule has 0 aromatic carbocycles. The number of carbonyl (C=O) groups excluding carboxylic acids is 2. The lowest BCUT2D eigenvalue weighted by Gasteiger charge is -2.28. The number of rotatable bonds is 5. The molecule has 0 aliphatic carbocycles. The molecule has 1 atom stereocenters. The third kappa shape index (κ3) is 4.44. The van der Waals surface area contributed by atoms with Crippen LogP contribution in [-0.4, -0.2) is 65.6 Å². The van der Waals surface area contributed by atoms with E-state index in [2.05, 4.69) is 10.6 Å². The largest absolute Gasteiger partial charge is 0.480 e. The maximum Gasteiger partial charge on any atom is 0.326 e. The monoisotopic (exact) mass is 275 g/mol. The van der Waals surface area contributed by atoms with Crippen molar-refractivity contribution in [2.75, 3.05) is 31.6 Å². The molecule has 0 aromatic heterocycles. The minimum absolute atomic E-state index is 0.0271. The third-order valence-corrected chi connectivity index (χ3v) is 3.18. The van der Waals surface area contributed by atoms with E-state index in [1.807, 2.05) is 6.26 Å². The van der Waals surface area contributed by atoms with Crippen molar-refractivity contribution in [3.8, 4) is 0 Å². The van der Waals surface area contributed by atoms with E-state index >= 15 is 0 Å². The Morgan fingerprint density at radius 1 is 1.61 bits per heavy atom. The molecule has 3 amide bonds. The van der Waals surface area contributed by atoms with E-state index in [1.54, 1.807) is 0 Å². The SMILES string of the molecule is CSCCC(NC(=O)N1CCNC(=O)C1)C(=O)O. The first-order valence-corrected chi connectivity index (χ1v) is 6.98. The normalized spacial score (nSPS) is 16.9. The summed E-state index contributed by atoms with van der Waals surface area (Å²) in [6.45, 7) is 0.766. The summed E-state index contributed by atoms with van der Waals surface area (Å²) in [6, 6.07) is -1.41. The van der Waals surface area contributed by atoms with E-state index in [0.717, 1.165) is 0 Å². The van der Waals surface area contributed by atoms with Gasteiger partial charge in [-0.3, -0.25) is 4.79 Å². The zero-order valence-corrected chi connectivity index (χ0v) is 11.0. The number of thioether (sulfide) groups is 1. The minimum atomic E-state index is -1.06. The summed E-state index contributed by atoms with van der Waals surface area (Å²) < 4.78 is 0. The summed E-state index contributed by atoms with van der Waals surface area (Å²) in [5.74, 6) is -0.635. The molecule has 0 radical (unpaired) electrons. The Hall–Kier alpha value is -1.44. The number of hydrogen-bond acceptors (Lipinski definition) is 4. The van der Waals surface area contributed by atoms with Gasteiger partial charge in [0.15, 0.2) is 0 Å². The number of amides is 3. The highest BCUT2D eigenvalue weighted by Gasteiger charge is 2.25. The van der Waals surface area contributed by atoms with Crippen molar-refractivity contribution in [1.82, 2.24) is 15.5 Å². The number of aliphatic carboxylic acids is 1. The number of carboxylic acid groups (broad SMARTS) is 1. The zero-order chi connectivity index (χ0) is 13.5. The highest BCUT2D eigenvalue weighted by atomic mass is 32.2. The van der Waals surface area contributed by atoms with Gasteiger partial charge in [-0.15, -0.1) is 0 Å². The van der Waals surface area contributed by atoms with E-state index in [9.17, 15) is 14.4 Å². The van der Waals surface area contributed by atoms with Gasteiger partial charge < -0.3 is 20.6 Å². The molecule has 1 aliphatic rings. The molecule has 0 saturated carbocycles. The van der Waals surface area contributed by atoms with Crippen LogP contribution in [0.4, 0.5) is 4.79 Å². The van der Waals surface area contributed by atoms with Gasteiger partial charge in [-0.1, -0.05) is 0 Å². The van der Waals surface area contributed by atoms with Crippen molar-refractivity contribution in [2.24, 2.45) is 0 Å². The van der Waals surface area contributed by atoms with Gasteiger partial charge in [0.25, 0.3) is 0 Å². The van der Waals surface area contributed by atoms with Gasteiger partial charge in [0, 0.05) is 13.1 Å². The molecule has 1 unspecified atom stereocenters. The lowest BCUT2D eigenvalue weighted by Crippen LogP contribution is -2.55. The molecule has 1 saturated heterocycles. The van der Waals surface area contributed by atoms with Crippen LogP contribution < -0.4 is 10.6 Å². The number of hydrogen-bond donors (Lipinski definition) is 3. The Morgan fingerprint density at radius 3 is 2.89 bits per heavy atom. The van der Waals surface area contributed by atoms with E-state index in [1.165, 1.54) is 16.7 Å². The predicted molar refractivity (Wildman–Crippen MR) is 67.5 cm³/mol. The van der Waals surface area contributed by atoms with Crippen LogP contribution in [0.25, 0.3) is 0 Å². The Bertz CT molecular complexity index is 337. The van der Waals surface area contributed by atoms with Crippen molar-refractivity contribution in [1.29, 1.82) is 0 Å². The van der Waals surface area contributed by atoms with Crippen molar-refractivity contribution < 1.29 is 19.5 Å². The Labute approximate surface area is 109 Å². The number of nitrogens with zero attached hydrogens (tertiary/aromatic N) is 1. The van der Waals surface area contributed by atoms with Gasteiger partial charge in [-0.2, -0.15) is 11.8 Å². The first-order valence-electron chi connectivity index (χ1n) is 5.58. The molecule has 8 heteroatoms. The first-order chi connectivity index (χ1) is 8.54. The Kier molecular flexibility index (Phi) is 5.76. The molecule has 1 rings (SSSR count). The third-order valence-electron chi connectivity index (χ3n) is 2.53. The number of nitrogens with one attached hydrogen (secondary N) is 2. The van der Waals surface area contributed by atoms with Crippen LogP contribution in [0.1, 0.15) is 6.42 Å². The molecule has 7 nitrogen and oxygen atoms in total. The Morgan fingerprint density at radius 2 is 2.33 bits per heavy atom. The topological polar surface area (TPSA) is 98.7 Å². The standard InChI is InChI=1S/C10H17N3O4S/c1-18-5-2-7(9(15)16)12-10(17)13-4-3-11-8(14)6-13/h7H,2-6H2,1H3,(H,11,14)(H,12,17)(H,15,16). The van der Waals surface area contributed by atoms with E-state index in [-0.39, 0.29) is 12.5 Å². The van der Waals surface area contributed by atoms with Crippen molar-refractivity contribution >= 4 is 29.7 Å². The quantitative estimate of drug-likeness (QED) is 0.618. The molecule has 0 spiro atoms. The molecule has 3 N–H and O–H groups in total. The zero-order valence-electron chi connectivity index (χ0n) is 10.1. The van der Waals surface area contributed by atoms with Gasteiger partial charge in [-0.05, 0) is 18.4 Å². The summed E-state index contributed by atoms with van der Waals surface area (Å²) >= 11 is 1.52. The summed E-state index contributed by atoms with van der Waals surface area (Å²) in [7, 11) is 0. The van der Waals surface area contributed by atoms with Crippen molar-refractivity contribution in [3.05, 3.63) is 0 Å². The van der Waals surface area contributed by atoms with Crippen molar-refractivity contribution in [2.45, 2.75) is 12.5 Å². The molecule has 102 valence electrons. The second-order valence-electron chi connectivity index (χ2n) is 3.89. The van der Waals surface area contributed by atoms with Gasteiger partial charge >= 0.3 is 12.0 Å². The highest BCUT2D eigenvalue weighted by Crippen LogP contribution is 2.03. The van der Waals surface area contributed by atoms with E-state index in [0.29, 0.717) is 25.3 Å². The molecular formula is C10H17N3O4S. The number of carbonyl (C=O) groups is 3. The molecule has 18 heavy (non-hydrogen) atoms. The average molecular weight is 275 g/mol. The van der Waals surface area contributed by atoms with Crippen LogP contribution in [0.5, 0.6) is 0 Å². The average Bonchev–Trinajstić information content (AvgIpc) is 2.33. The maximum atomic E-state index is 11.8. The van der Waals surface area contributed by atoms with Gasteiger partial charge in [0.2, 0.25) is 5.91 Å². The fraction of sp³-hybridized carbons (Fsp3) is 0.700. The molecule has 1 heterocycles. The van der Waals surface area contributed by atoms with Crippen LogP contribution in [0, 0.1) is 0 Å². The predicted octanol–water partition coefficient (Wildman–Crippen LogP) is -0.666. The highest BCUT2D eigenvalue weighted by molar-refractivity contribution is 7.98. The first kappa shape index (κ1) is 14.6. The van der Waals surface area contributed by atoms with E-state index in [4.69, 9.17) is 5.11 Å². The minimum Gasteiger partial charge on any atom is -0.480 e. The van der Waals surface area contributed by atoms with Crippen LogP contribution in [0.15, 0.2) is 0 Å². The molecule has 1 aliphatic heterocycles. The molecule has 1 fully saturated rings. The van der Waals surface area contributed by atoms with Crippen LogP contribution in [0.3, 0.4) is 0 Å². The Balaban J connectivity index is 2.49. The fourth-order valence-corrected chi connectivity index (χ4v) is 2.02. The summed E-state index contributed by atoms with van der Waals surface area (Å²) in [6.07, 6.45) is 2.23. The second kappa shape index (κ2) is 7.10. The second-order valence-corrected chi connectivity index (χ2v) is 4.88. The molecule has 0 aromatic rings. The van der Waals surface area contributed by atoms with Crippen LogP contribution in [-0.2, 0) is 9.59 Å². The van der Waals surface area contributed by atoms with Gasteiger partial charge in [-0.25, -0.2) is 9.59 Å². The lowest BCUT2D eigenvalue weighted by molar-refractivity contribution is -0.139. The molecular weight excluding hydrogens is 258 g/mol. The number of carboxylic acids is 1. The molecule has 0 bridgehead atoms. The van der Waals surface area contributed by atoms with Gasteiger partial charge in [0.1, 0.15) is 12.6 Å². The summed E-state index contributed by atoms with van der Waals surface area (Å²) in [4.78, 5) is 35.2. The smallest absolute Gasteiger partial charge is 0.326 e. The fourth-order valence-electron chi connectivity index (χ4n) is 1.55. The van der Waals surface area contributed by atoms with E-state index < -0.39 is 18.0 Å². The van der Waals surface area contributed by atoms with Crippen molar-refractivity contribution in [3.63, 3.8) is 0 Å². The van der Waals surface area contributed by atoms with Crippen LogP contribution >= 0.6 is 11.8 Å². The maximum absolute atomic E-state index is 11.8. The van der Waals surface area contributed by atoms with Gasteiger partial charge in [0.05, 0.1) is 0 Å². The summed E-state index contributed by atoms with van der Waals surface area (Å²) in [5.41, 5.74) is 0.